The molecule has 0 amide bonds. The fourth-order valence-electron chi connectivity index (χ4n) is 3.97. The zero-order chi connectivity index (χ0) is 22.5. The lowest BCUT2D eigenvalue weighted by Gasteiger charge is -2.20. The molecule has 0 saturated carbocycles. The van der Waals surface area contributed by atoms with Crippen molar-refractivity contribution in [2.45, 2.75) is 37.9 Å². The van der Waals surface area contributed by atoms with E-state index in [1.54, 1.807) is 17.8 Å². The van der Waals surface area contributed by atoms with Crippen LogP contribution in [0.1, 0.15) is 25.2 Å². The quantitative estimate of drug-likeness (QED) is 0.462. The summed E-state index contributed by atoms with van der Waals surface area (Å²) in [6.45, 7) is 6.90. The highest BCUT2D eigenvalue weighted by Crippen LogP contribution is 2.40. The predicted molar refractivity (Wildman–Crippen MR) is 124 cm³/mol. The lowest BCUT2D eigenvalue weighted by Crippen LogP contribution is -2.24. The van der Waals surface area contributed by atoms with Gasteiger partial charge in [0.25, 0.3) is 0 Å². The van der Waals surface area contributed by atoms with Gasteiger partial charge in [-0.1, -0.05) is 17.8 Å². The first kappa shape index (κ1) is 20.7. The summed E-state index contributed by atoms with van der Waals surface area (Å²) in [4.78, 5) is 17.9. The number of anilines is 1. The number of halogens is 1. The molecule has 3 aromatic heterocycles. The molecule has 1 aromatic carbocycles. The molecule has 0 bridgehead atoms. The Bertz CT molecular complexity index is 1340. The number of fused-ring (bicyclic) bond motifs is 3. The molecule has 0 saturated heterocycles. The first-order valence-corrected chi connectivity index (χ1v) is 11.4. The molecule has 4 heterocycles. The van der Waals surface area contributed by atoms with Crippen molar-refractivity contribution in [1.82, 2.24) is 24.5 Å². The van der Waals surface area contributed by atoms with Crippen molar-refractivity contribution in [3.8, 4) is 16.9 Å². The molecule has 32 heavy (non-hydrogen) atoms. The Morgan fingerprint density at radius 3 is 2.84 bits per heavy atom. The van der Waals surface area contributed by atoms with Crippen molar-refractivity contribution in [3.05, 3.63) is 53.9 Å². The summed E-state index contributed by atoms with van der Waals surface area (Å²) in [5.41, 5.74) is 3.69. The van der Waals surface area contributed by atoms with Crippen LogP contribution in [0.25, 0.3) is 22.3 Å². The Hall–Kier alpha value is -3.20. The number of nitrogens with zero attached hydrogens (tertiary/aromatic N) is 5. The van der Waals surface area contributed by atoms with Gasteiger partial charge in [-0.3, -0.25) is 9.55 Å². The van der Waals surface area contributed by atoms with E-state index in [0.29, 0.717) is 29.9 Å². The van der Waals surface area contributed by atoms with E-state index in [-0.39, 0.29) is 11.3 Å². The van der Waals surface area contributed by atoms with E-state index in [1.807, 2.05) is 19.1 Å². The average Bonchev–Trinajstić information content (AvgIpc) is 3.26. The fourth-order valence-corrected chi connectivity index (χ4v) is 5.20. The van der Waals surface area contributed by atoms with Crippen molar-refractivity contribution in [1.29, 1.82) is 0 Å². The van der Waals surface area contributed by atoms with Gasteiger partial charge in [0.05, 0.1) is 11.7 Å². The fraction of sp³-hybridized carbons (Fsp3) is 0.304. The maximum absolute atomic E-state index is 13.6. The minimum atomic E-state index is -0.439. The number of aryl methyl sites for hydroxylation is 1. The van der Waals surface area contributed by atoms with Crippen LogP contribution in [0.2, 0.25) is 0 Å². The number of imidazole rings is 1. The molecule has 4 aromatic rings. The first-order chi connectivity index (χ1) is 15.3. The number of phenols is 1. The summed E-state index contributed by atoms with van der Waals surface area (Å²) >= 11 is 1.74. The van der Waals surface area contributed by atoms with Crippen LogP contribution in [0.4, 0.5) is 10.2 Å². The molecule has 1 aliphatic rings. The van der Waals surface area contributed by atoms with Crippen LogP contribution in [0.15, 0.2) is 41.8 Å². The number of hydrogen-bond donors (Lipinski definition) is 2. The largest absolute Gasteiger partial charge is 0.507 e. The Kier molecular flexibility index (Phi) is 5.00. The zero-order valence-electron chi connectivity index (χ0n) is 18.1. The average molecular weight is 451 g/mol. The number of benzene rings is 1. The van der Waals surface area contributed by atoms with Crippen molar-refractivity contribution in [2.75, 3.05) is 17.6 Å². The summed E-state index contributed by atoms with van der Waals surface area (Å²) in [6.07, 6.45) is 3.37. The Labute approximate surface area is 189 Å². The van der Waals surface area contributed by atoms with E-state index >= 15 is 0 Å². The van der Waals surface area contributed by atoms with Gasteiger partial charge < -0.3 is 10.4 Å². The van der Waals surface area contributed by atoms with Crippen LogP contribution in [0, 0.1) is 12.7 Å². The smallest absolute Gasteiger partial charge is 0.171 e. The van der Waals surface area contributed by atoms with Gasteiger partial charge >= 0.3 is 0 Å². The second-order valence-electron chi connectivity index (χ2n) is 8.54. The van der Waals surface area contributed by atoms with Crippen LogP contribution < -0.4 is 5.32 Å². The summed E-state index contributed by atoms with van der Waals surface area (Å²) in [7, 11) is 0. The van der Waals surface area contributed by atoms with Gasteiger partial charge in [-0.15, -0.1) is 0 Å². The summed E-state index contributed by atoms with van der Waals surface area (Å²) < 4.78 is 15.8. The first-order valence-electron chi connectivity index (χ1n) is 10.4. The van der Waals surface area contributed by atoms with Crippen LogP contribution in [0.3, 0.4) is 0 Å². The maximum atomic E-state index is 13.6. The maximum Gasteiger partial charge on any atom is 0.171 e. The topological polar surface area (TPSA) is 88.8 Å². The van der Waals surface area contributed by atoms with Crippen LogP contribution in [-0.4, -0.2) is 41.9 Å². The Balaban J connectivity index is 1.38. The van der Waals surface area contributed by atoms with Gasteiger partial charge in [0.1, 0.15) is 17.4 Å². The highest BCUT2D eigenvalue weighted by Gasteiger charge is 2.34. The molecular weight excluding hydrogens is 427 g/mol. The van der Waals surface area contributed by atoms with Crippen molar-refractivity contribution in [3.63, 3.8) is 0 Å². The van der Waals surface area contributed by atoms with Crippen molar-refractivity contribution < 1.29 is 9.50 Å². The molecule has 0 spiro atoms. The van der Waals surface area contributed by atoms with Crippen LogP contribution in [0.5, 0.6) is 5.75 Å². The molecule has 9 heteroatoms. The van der Waals surface area contributed by atoms with Gasteiger partial charge in [-0.2, -0.15) is 0 Å². The molecule has 5 rings (SSSR count). The third kappa shape index (κ3) is 3.66. The number of aromatic nitrogens is 5. The van der Waals surface area contributed by atoms with Gasteiger partial charge in [0.2, 0.25) is 0 Å². The highest BCUT2D eigenvalue weighted by atomic mass is 32.2. The summed E-state index contributed by atoms with van der Waals surface area (Å²) in [5.74, 6) is 2.04. The van der Waals surface area contributed by atoms with Gasteiger partial charge in [0, 0.05) is 29.6 Å². The number of pyridine rings is 1. The third-order valence-electron chi connectivity index (χ3n) is 5.53. The number of rotatable bonds is 5. The minimum absolute atomic E-state index is 0.0407. The van der Waals surface area contributed by atoms with Gasteiger partial charge in [-0.25, -0.2) is 19.3 Å². The van der Waals surface area contributed by atoms with Gasteiger partial charge in [0.15, 0.2) is 22.1 Å². The van der Waals surface area contributed by atoms with Gasteiger partial charge in [-0.05, 0) is 51.0 Å². The molecule has 0 radical (unpaired) electrons. The van der Waals surface area contributed by atoms with E-state index in [1.165, 1.54) is 12.3 Å². The van der Waals surface area contributed by atoms with Crippen LogP contribution >= 0.6 is 11.8 Å². The standard InChI is InChI=1S/C23H23FN6OS/c1-13-27-20(19-21(28-13)30-22(29-19)32-12-23(30,2)3)26-7-6-14-4-5-18(31)17(8-14)15-9-16(24)11-25-10-15/h4-5,8-11,31H,6-7,12H2,1-3H3,(H,26,27,28). The number of phenolic OH excluding ortho intramolecular Hbond substituents is 1. The monoisotopic (exact) mass is 450 g/mol. The van der Waals surface area contributed by atoms with Crippen molar-refractivity contribution >= 4 is 28.7 Å². The van der Waals surface area contributed by atoms with E-state index in [9.17, 15) is 9.50 Å². The SMILES string of the molecule is Cc1nc(NCCc2ccc(O)c(-c3cncc(F)c3)c2)c2nc3n(c2n1)C(C)(C)CS3. The molecule has 7 nitrogen and oxygen atoms in total. The van der Waals surface area contributed by atoms with Crippen LogP contribution in [-0.2, 0) is 12.0 Å². The van der Waals surface area contributed by atoms with E-state index in [2.05, 4.69) is 38.7 Å². The number of thioether (sulfide) groups is 1. The molecule has 0 atom stereocenters. The zero-order valence-corrected chi connectivity index (χ0v) is 18.9. The highest BCUT2D eigenvalue weighted by molar-refractivity contribution is 7.99. The second-order valence-corrected chi connectivity index (χ2v) is 9.49. The normalized spacial score (nSPS) is 14.6. The Morgan fingerprint density at radius 1 is 1.19 bits per heavy atom. The number of nitrogens with one attached hydrogen (secondary N) is 1. The molecule has 0 aliphatic carbocycles. The summed E-state index contributed by atoms with van der Waals surface area (Å²) in [6, 6.07) is 6.71. The Morgan fingerprint density at radius 2 is 2.03 bits per heavy atom. The molecule has 164 valence electrons. The van der Waals surface area contributed by atoms with E-state index in [4.69, 9.17) is 4.98 Å². The van der Waals surface area contributed by atoms with E-state index in [0.717, 1.165) is 39.7 Å². The van der Waals surface area contributed by atoms with E-state index < -0.39 is 5.82 Å². The summed E-state index contributed by atoms with van der Waals surface area (Å²) in [5, 5.41) is 14.6. The van der Waals surface area contributed by atoms with Crippen molar-refractivity contribution in [2.24, 2.45) is 0 Å². The minimum Gasteiger partial charge on any atom is -0.507 e. The molecule has 0 fully saturated rings. The molecule has 0 unspecified atom stereocenters. The number of hydrogen-bond acceptors (Lipinski definition) is 7. The molecular formula is C23H23FN6OS. The lowest BCUT2D eigenvalue weighted by molar-refractivity contribution is 0.404. The number of aromatic hydroxyl groups is 1. The lowest BCUT2D eigenvalue weighted by atomic mass is 10.0. The molecule has 1 aliphatic heterocycles. The second kappa shape index (κ2) is 7.74. The predicted octanol–water partition coefficient (Wildman–Crippen LogP) is 4.54. The molecule has 2 N–H and O–H groups in total. The third-order valence-corrected chi connectivity index (χ3v) is 6.91.